The van der Waals surface area contributed by atoms with Crippen molar-refractivity contribution in [2.45, 2.75) is 11.9 Å². The van der Waals surface area contributed by atoms with Gasteiger partial charge < -0.3 is 5.32 Å². The molecule has 0 aliphatic carbocycles. The quantitative estimate of drug-likeness (QED) is 0.445. The lowest BCUT2D eigenvalue weighted by Gasteiger charge is -2.15. The summed E-state index contributed by atoms with van der Waals surface area (Å²) in [6.07, 6.45) is 5.17. The van der Waals surface area contributed by atoms with Crippen LogP contribution in [0.15, 0.2) is 22.8 Å². The molecule has 3 heteroatoms. The highest BCUT2D eigenvalue weighted by Gasteiger charge is 2.21. The minimum Gasteiger partial charge on any atom is -0.372 e. The van der Waals surface area contributed by atoms with Gasteiger partial charge in [-0.05, 0) is 24.3 Å². The number of dihydropyridines is 1. The molecule has 1 atom stereocenters. The Hall–Kier alpha value is -0.0800. The van der Waals surface area contributed by atoms with E-state index in [0.717, 1.165) is 6.42 Å². The molecule has 0 saturated heterocycles. The van der Waals surface area contributed by atoms with Gasteiger partial charge in [-0.1, -0.05) is 11.6 Å². The molecule has 2 rings (SSSR count). The zero-order valence-electron chi connectivity index (χ0n) is 5.43. The van der Waals surface area contributed by atoms with Crippen LogP contribution >= 0.6 is 23.4 Å². The molecule has 54 valence electrons. The standard InChI is InChI=1S/C7H8ClNS/c8-7-5-2-4-10-6(5)1-3-9-7/h1,3,7,9H,2,4H2. The van der Waals surface area contributed by atoms with E-state index in [-0.39, 0.29) is 5.50 Å². The van der Waals surface area contributed by atoms with Crippen LogP contribution in [0, 0.1) is 0 Å². The van der Waals surface area contributed by atoms with Crippen molar-refractivity contribution >= 4 is 23.4 Å². The van der Waals surface area contributed by atoms with Crippen LogP contribution in [-0.2, 0) is 0 Å². The number of hydrogen-bond acceptors (Lipinski definition) is 2. The van der Waals surface area contributed by atoms with Crippen LogP contribution in [0.3, 0.4) is 0 Å². The van der Waals surface area contributed by atoms with Gasteiger partial charge in [0.15, 0.2) is 0 Å². The van der Waals surface area contributed by atoms with Crippen LogP contribution in [0.5, 0.6) is 0 Å². The lowest BCUT2D eigenvalue weighted by Crippen LogP contribution is -2.22. The molecule has 0 aromatic heterocycles. The van der Waals surface area contributed by atoms with Crippen molar-refractivity contribution in [1.82, 2.24) is 5.32 Å². The maximum absolute atomic E-state index is 5.98. The Morgan fingerprint density at radius 3 is 3.40 bits per heavy atom. The topological polar surface area (TPSA) is 12.0 Å². The third-order valence-corrected chi connectivity index (χ3v) is 3.24. The Balaban J connectivity index is 2.30. The highest BCUT2D eigenvalue weighted by Crippen LogP contribution is 2.36. The van der Waals surface area contributed by atoms with E-state index in [4.69, 9.17) is 11.6 Å². The predicted molar refractivity (Wildman–Crippen MR) is 46.0 cm³/mol. The van der Waals surface area contributed by atoms with E-state index in [1.54, 1.807) is 0 Å². The first-order valence-corrected chi connectivity index (χ1v) is 4.72. The van der Waals surface area contributed by atoms with E-state index < -0.39 is 0 Å². The first kappa shape index (κ1) is 6.62. The predicted octanol–water partition coefficient (Wildman–Crippen LogP) is 2.06. The van der Waals surface area contributed by atoms with Crippen LogP contribution < -0.4 is 5.32 Å². The summed E-state index contributed by atoms with van der Waals surface area (Å²) in [7, 11) is 0. The van der Waals surface area contributed by atoms with E-state index in [0.29, 0.717) is 0 Å². The van der Waals surface area contributed by atoms with Gasteiger partial charge in [0.2, 0.25) is 0 Å². The molecule has 0 bridgehead atoms. The second kappa shape index (κ2) is 2.51. The summed E-state index contributed by atoms with van der Waals surface area (Å²) in [6.45, 7) is 0. The molecule has 2 aliphatic rings. The number of thioether (sulfide) groups is 1. The van der Waals surface area contributed by atoms with Crippen molar-refractivity contribution in [3.8, 4) is 0 Å². The van der Waals surface area contributed by atoms with Crippen LogP contribution in [0.2, 0.25) is 0 Å². The molecule has 0 amide bonds. The monoisotopic (exact) mass is 173 g/mol. The number of alkyl halides is 1. The average Bonchev–Trinajstić information content (AvgIpc) is 2.36. The number of halogens is 1. The molecule has 0 aromatic rings. The summed E-state index contributed by atoms with van der Waals surface area (Å²) in [5.41, 5.74) is 1.42. The van der Waals surface area contributed by atoms with Gasteiger partial charge in [0.05, 0.1) is 0 Å². The van der Waals surface area contributed by atoms with Crippen LogP contribution in [0.25, 0.3) is 0 Å². The zero-order chi connectivity index (χ0) is 6.97. The van der Waals surface area contributed by atoms with E-state index in [1.165, 1.54) is 16.2 Å². The Labute approximate surface area is 69.5 Å². The van der Waals surface area contributed by atoms with Gasteiger partial charge in [0.25, 0.3) is 0 Å². The lowest BCUT2D eigenvalue weighted by molar-refractivity contribution is 0.820. The van der Waals surface area contributed by atoms with Crippen molar-refractivity contribution < 1.29 is 0 Å². The average molecular weight is 174 g/mol. The van der Waals surface area contributed by atoms with Crippen molar-refractivity contribution in [3.63, 3.8) is 0 Å². The van der Waals surface area contributed by atoms with Gasteiger partial charge in [-0.25, -0.2) is 0 Å². The molecule has 0 spiro atoms. The number of hydrogen-bond donors (Lipinski definition) is 1. The van der Waals surface area contributed by atoms with Gasteiger partial charge in [-0.3, -0.25) is 0 Å². The minimum atomic E-state index is 0.0509. The highest BCUT2D eigenvalue weighted by molar-refractivity contribution is 8.03. The lowest BCUT2D eigenvalue weighted by atomic mass is 10.1. The van der Waals surface area contributed by atoms with Gasteiger partial charge in [0.1, 0.15) is 5.50 Å². The summed E-state index contributed by atoms with van der Waals surface area (Å²) >= 11 is 7.88. The normalized spacial score (nSPS) is 30.3. The summed E-state index contributed by atoms with van der Waals surface area (Å²) in [5.74, 6) is 1.19. The molecule has 0 saturated carbocycles. The largest absolute Gasteiger partial charge is 0.372 e. The first-order valence-electron chi connectivity index (χ1n) is 3.30. The molecule has 1 unspecified atom stereocenters. The van der Waals surface area contributed by atoms with Crippen molar-refractivity contribution in [2.24, 2.45) is 0 Å². The van der Waals surface area contributed by atoms with Crippen LogP contribution in [-0.4, -0.2) is 11.3 Å². The Morgan fingerprint density at radius 2 is 2.60 bits per heavy atom. The maximum Gasteiger partial charge on any atom is 0.124 e. The molecule has 10 heavy (non-hydrogen) atoms. The second-order valence-corrected chi connectivity index (χ2v) is 3.92. The van der Waals surface area contributed by atoms with Crippen molar-refractivity contribution in [2.75, 3.05) is 5.75 Å². The molecule has 2 heterocycles. The van der Waals surface area contributed by atoms with E-state index in [9.17, 15) is 0 Å². The maximum atomic E-state index is 5.98. The number of nitrogens with one attached hydrogen (secondary N) is 1. The Kier molecular flexibility index (Phi) is 1.66. The Bertz CT molecular complexity index is 210. The minimum absolute atomic E-state index is 0.0509. The molecule has 0 radical (unpaired) electrons. The summed E-state index contributed by atoms with van der Waals surface area (Å²) in [4.78, 5) is 1.37. The summed E-state index contributed by atoms with van der Waals surface area (Å²) in [6, 6.07) is 0. The van der Waals surface area contributed by atoms with Crippen LogP contribution in [0.4, 0.5) is 0 Å². The van der Waals surface area contributed by atoms with E-state index in [2.05, 4.69) is 11.4 Å². The fourth-order valence-corrected chi connectivity index (χ4v) is 2.68. The van der Waals surface area contributed by atoms with Crippen LogP contribution in [0.1, 0.15) is 6.42 Å². The number of rotatable bonds is 0. The van der Waals surface area contributed by atoms with Gasteiger partial charge >= 0.3 is 0 Å². The zero-order valence-corrected chi connectivity index (χ0v) is 7.00. The van der Waals surface area contributed by atoms with E-state index >= 15 is 0 Å². The first-order chi connectivity index (χ1) is 4.88. The van der Waals surface area contributed by atoms with Crippen molar-refractivity contribution in [3.05, 3.63) is 22.8 Å². The third kappa shape index (κ3) is 0.956. The molecule has 1 N–H and O–H groups in total. The highest BCUT2D eigenvalue weighted by atomic mass is 35.5. The Morgan fingerprint density at radius 1 is 1.70 bits per heavy atom. The molecule has 0 fully saturated rings. The van der Waals surface area contributed by atoms with Crippen molar-refractivity contribution in [1.29, 1.82) is 0 Å². The smallest absolute Gasteiger partial charge is 0.124 e. The molecule has 0 aromatic carbocycles. The summed E-state index contributed by atoms with van der Waals surface area (Å²) in [5, 5.41) is 3.07. The molecule has 2 aliphatic heterocycles. The van der Waals surface area contributed by atoms with E-state index in [1.807, 2.05) is 18.0 Å². The fourth-order valence-electron chi connectivity index (χ4n) is 1.20. The number of allylic oxidation sites excluding steroid dienone is 1. The SMILES string of the molecule is ClC1NC=CC2=C1CCS2. The van der Waals surface area contributed by atoms with Gasteiger partial charge in [-0.15, -0.1) is 11.8 Å². The molecule has 1 nitrogen and oxygen atoms in total. The fraction of sp³-hybridized carbons (Fsp3) is 0.429. The molecular weight excluding hydrogens is 166 g/mol. The second-order valence-electron chi connectivity index (χ2n) is 2.35. The third-order valence-electron chi connectivity index (χ3n) is 1.73. The van der Waals surface area contributed by atoms with Gasteiger partial charge in [0, 0.05) is 10.7 Å². The summed E-state index contributed by atoms with van der Waals surface area (Å²) < 4.78 is 0. The van der Waals surface area contributed by atoms with Gasteiger partial charge in [-0.2, -0.15) is 0 Å². The molecular formula is C7H8ClNS.